The van der Waals surface area contributed by atoms with Gasteiger partial charge in [-0.05, 0) is 26.0 Å². The Labute approximate surface area is 121 Å². The van der Waals surface area contributed by atoms with Crippen LogP contribution in [0.15, 0.2) is 24.3 Å². The molecule has 0 saturated carbocycles. The van der Waals surface area contributed by atoms with Crippen molar-refractivity contribution in [1.82, 2.24) is 9.78 Å². The third-order valence-corrected chi connectivity index (χ3v) is 3.20. The van der Waals surface area contributed by atoms with E-state index in [9.17, 15) is 9.59 Å². The van der Waals surface area contributed by atoms with Crippen molar-refractivity contribution in [1.29, 1.82) is 0 Å². The van der Waals surface area contributed by atoms with E-state index in [4.69, 9.17) is 11.5 Å². The molecule has 2 rings (SSSR count). The van der Waals surface area contributed by atoms with Gasteiger partial charge in [0.2, 0.25) is 5.91 Å². The number of aromatic nitrogens is 2. The van der Waals surface area contributed by atoms with Crippen molar-refractivity contribution >= 4 is 23.2 Å². The molecule has 1 heterocycles. The zero-order chi connectivity index (χ0) is 15.6. The number of amides is 2. The van der Waals surface area contributed by atoms with Crippen LogP contribution in [0.2, 0.25) is 0 Å². The number of carbonyl (C=O) groups is 2. The molecule has 21 heavy (non-hydrogen) atoms. The molecule has 0 aliphatic carbocycles. The summed E-state index contributed by atoms with van der Waals surface area (Å²) in [4.78, 5) is 23.4. The Morgan fingerprint density at radius 1 is 1.29 bits per heavy atom. The molecule has 110 valence electrons. The van der Waals surface area contributed by atoms with Gasteiger partial charge in [-0.25, -0.2) is 0 Å². The quantitative estimate of drug-likeness (QED) is 0.771. The summed E-state index contributed by atoms with van der Waals surface area (Å²) in [5.41, 5.74) is 13.7. The van der Waals surface area contributed by atoms with E-state index in [0.29, 0.717) is 17.1 Å². The molecule has 0 aliphatic rings. The first-order chi connectivity index (χ1) is 9.90. The largest absolute Gasteiger partial charge is 0.396 e. The van der Waals surface area contributed by atoms with Gasteiger partial charge >= 0.3 is 0 Å². The minimum absolute atomic E-state index is 0.0109. The van der Waals surface area contributed by atoms with Crippen molar-refractivity contribution in [2.75, 3.05) is 11.1 Å². The van der Waals surface area contributed by atoms with Gasteiger partial charge < -0.3 is 16.8 Å². The number of para-hydroxylation sites is 1. The standard InChI is InChI=1S/C14H17N5O2/c1-8-13(15)9(2)19(18-8)7-12(20)17-11-6-4-3-5-10(11)14(16)21/h3-6H,7,15H2,1-2H3,(H2,16,21)(H,17,20). The molecule has 0 fully saturated rings. The number of benzene rings is 1. The Morgan fingerprint density at radius 2 is 1.95 bits per heavy atom. The van der Waals surface area contributed by atoms with Gasteiger partial charge in [-0.15, -0.1) is 0 Å². The second-order valence-electron chi connectivity index (χ2n) is 4.70. The lowest BCUT2D eigenvalue weighted by Crippen LogP contribution is -2.22. The summed E-state index contributed by atoms with van der Waals surface area (Å²) < 4.78 is 1.52. The van der Waals surface area contributed by atoms with E-state index in [1.807, 2.05) is 0 Å². The molecule has 2 aromatic rings. The van der Waals surface area contributed by atoms with Gasteiger partial charge in [0.25, 0.3) is 5.91 Å². The van der Waals surface area contributed by atoms with Crippen molar-refractivity contribution in [2.45, 2.75) is 20.4 Å². The van der Waals surface area contributed by atoms with Crippen LogP contribution in [0.4, 0.5) is 11.4 Å². The highest BCUT2D eigenvalue weighted by atomic mass is 16.2. The average Bonchev–Trinajstić information content (AvgIpc) is 2.66. The Bertz CT molecular complexity index is 705. The lowest BCUT2D eigenvalue weighted by Gasteiger charge is -2.09. The molecule has 1 aromatic carbocycles. The van der Waals surface area contributed by atoms with Gasteiger partial charge in [-0.1, -0.05) is 12.1 Å². The number of hydrogen-bond acceptors (Lipinski definition) is 4. The molecule has 5 N–H and O–H groups in total. The molecule has 0 atom stereocenters. The topological polar surface area (TPSA) is 116 Å². The highest BCUT2D eigenvalue weighted by molar-refractivity contribution is 6.02. The molecule has 0 spiro atoms. The van der Waals surface area contributed by atoms with Crippen LogP contribution in [0, 0.1) is 13.8 Å². The number of nitrogen functional groups attached to an aromatic ring is 1. The highest BCUT2D eigenvalue weighted by Gasteiger charge is 2.14. The highest BCUT2D eigenvalue weighted by Crippen LogP contribution is 2.16. The first kappa shape index (κ1) is 14.6. The summed E-state index contributed by atoms with van der Waals surface area (Å²) in [5.74, 6) is -0.907. The number of nitrogens with one attached hydrogen (secondary N) is 1. The Balaban J connectivity index is 2.16. The summed E-state index contributed by atoms with van der Waals surface area (Å²) >= 11 is 0. The van der Waals surface area contributed by atoms with Gasteiger partial charge in [0.1, 0.15) is 6.54 Å². The summed E-state index contributed by atoms with van der Waals surface area (Å²) in [5, 5.41) is 6.84. The lowest BCUT2D eigenvalue weighted by atomic mass is 10.1. The van der Waals surface area contributed by atoms with Gasteiger partial charge in [-0.3, -0.25) is 14.3 Å². The molecule has 2 amide bonds. The summed E-state index contributed by atoms with van der Waals surface area (Å²) in [7, 11) is 0. The number of nitrogens with two attached hydrogens (primary N) is 2. The van der Waals surface area contributed by atoms with Gasteiger partial charge in [-0.2, -0.15) is 5.10 Å². The van der Waals surface area contributed by atoms with Gasteiger partial charge in [0, 0.05) is 0 Å². The van der Waals surface area contributed by atoms with Crippen molar-refractivity contribution < 1.29 is 9.59 Å². The lowest BCUT2D eigenvalue weighted by molar-refractivity contribution is -0.116. The Morgan fingerprint density at radius 3 is 2.52 bits per heavy atom. The predicted molar refractivity (Wildman–Crippen MR) is 79.7 cm³/mol. The van der Waals surface area contributed by atoms with Crippen molar-refractivity contribution in [3.63, 3.8) is 0 Å². The maximum Gasteiger partial charge on any atom is 0.250 e. The SMILES string of the molecule is Cc1nn(CC(=O)Nc2ccccc2C(N)=O)c(C)c1N. The number of rotatable bonds is 4. The van der Waals surface area contributed by atoms with E-state index in [2.05, 4.69) is 10.4 Å². The number of nitrogens with zero attached hydrogens (tertiary/aromatic N) is 2. The first-order valence-corrected chi connectivity index (χ1v) is 6.38. The van der Waals surface area contributed by atoms with Crippen LogP contribution < -0.4 is 16.8 Å². The Hall–Kier alpha value is -2.83. The fourth-order valence-corrected chi connectivity index (χ4v) is 2.00. The zero-order valence-electron chi connectivity index (χ0n) is 11.9. The number of anilines is 2. The maximum absolute atomic E-state index is 12.1. The van der Waals surface area contributed by atoms with Crippen molar-refractivity contribution in [3.05, 3.63) is 41.2 Å². The van der Waals surface area contributed by atoms with Crippen LogP contribution in [0.3, 0.4) is 0 Å². The molecular weight excluding hydrogens is 270 g/mol. The van der Waals surface area contributed by atoms with Crippen LogP contribution in [-0.2, 0) is 11.3 Å². The smallest absolute Gasteiger partial charge is 0.250 e. The second kappa shape index (κ2) is 5.66. The number of primary amides is 1. The fourth-order valence-electron chi connectivity index (χ4n) is 2.00. The maximum atomic E-state index is 12.1. The van der Waals surface area contributed by atoms with Crippen molar-refractivity contribution in [2.24, 2.45) is 5.73 Å². The molecule has 0 bridgehead atoms. The first-order valence-electron chi connectivity index (χ1n) is 6.38. The summed E-state index contributed by atoms with van der Waals surface area (Å²) in [6, 6.07) is 6.56. The average molecular weight is 287 g/mol. The monoisotopic (exact) mass is 287 g/mol. The van der Waals surface area contributed by atoms with E-state index in [1.54, 1.807) is 38.1 Å². The summed E-state index contributed by atoms with van der Waals surface area (Å²) in [6.45, 7) is 3.58. The number of carbonyl (C=O) groups excluding carboxylic acids is 2. The number of aryl methyl sites for hydroxylation is 1. The predicted octanol–water partition coefficient (Wildman–Crippen LogP) is 0.820. The third-order valence-electron chi connectivity index (χ3n) is 3.20. The number of hydrogen-bond donors (Lipinski definition) is 3. The van der Waals surface area contributed by atoms with E-state index < -0.39 is 5.91 Å². The Kier molecular flexibility index (Phi) is 3.93. The fraction of sp³-hybridized carbons (Fsp3) is 0.214. The minimum atomic E-state index is -0.596. The minimum Gasteiger partial charge on any atom is -0.396 e. The third kappa shape index (κ3) is 3.02. The molecular formula is C14H17N5O2. The molecule has 7 heteroatoms. The van der Waals surface area contributed by atoms with E-state index in [-0.39, 0.29) is 18.0 Å². The molecule has 0 aliphatic heterocycles. The molecule has 7 nitrogen and oxygen atoms in total. The molecule has 0 unspecified atom stereocenters. The van der Waals surface area contributed by atoms with Crippen LogP contribution in [0.25, 0.3) is 0 Å². The normalized spacial score (nSPS) is 10.4. The zero-order valence-corrected chi connectivity index (χ0v) is 11.9. The molecule has 0 radical (unpaired) electrons. The van der Waals surface area contributed by atoms with Crippen LogP contribution in [0.5, 0.6) is 0 Å². The summed E-state index contributed by atoms with van der Waals surface area (Å²) in [6.07, 6.45) is 0. The van der Waals surface area contributed by atoms with E-state index >= 15 is 0 Å². The second-order valence-corrected chi connectivity index (χ2v) is 4.70. The van der Waals surface area contributed by atoms with Gasteiger partial charge in [0.05, 0.1) is 28.3 Å². The van der Waals surface area contributed by atoms with E-state index in [1.165, 1.54) is 4.68 Å². The van der Waals surface area contributed by atoms with Crippen LogP contribution in [-0.4, -0.2) is 21.6 Å². The van der Waals surface area contributed by atoms with E-state index in [0.717, 1.165) is 5.69 Å². The van der Waals surface area contributed by atoms with Crippen molar-refractivity contribution in [3.8, 4) is 0 Å². The molecule has 0 saturated heterocycles. The molecule has 1 aromatic heterocycles. The van der Waals surface area contributed by atoms with Gasteiger partial charge in [0.15, 0.2) is 0 Å². The van der Waals surface area contributed by atoms with Crippen LogP contribution >= 0.6 is 0 Å². The van der Waals surface area contributed by atoms with Crippen LogP contribution in [0.1, 0.15) is 21.7 Å².